The van der Waals surface area contributed by atoms with Crippen molar-refractivity contribution < 1.29 is 4.79 Å². The molecule has 0 spiro atoms. The number of amides is 1. The first-order valence-corrected chi connectivity index (χ1v) is 6.31. The van der Waals surface area contributed by atoms with Gasteiger partial charge in [-0.2, -0.15) is 0 Å². The Bertz CT molecular complexity index is 224. The molecule has 1 unspecified atom stereocenters. The third-order valence-corrected chi connectivity index (χ3v) is 3.01. The molecular formula is C12H26ClN3O. The number of hydrogen-bond donors (Lipinski definition) is 2. The minimum Gasteiger partial charge on any atom is -0.355 e. The van der Waals surface area contributed by atoms with Crippen molar-refractivity contribution in [3.05, 3.63) is 0 Å². The number of likely N-dealkylation sites (tertiary alicyclic amines) is 1. The highest BCUT2D eigenvalue weighted by Gasteiger charge is 2.20. The maximum atomic E-state index is 11.6. The Morgan fingerprint density at radius 3 is 2.82 bits per heavy atom. The zero-order chi connectivity index (χ0) is 12.0. The molecule has 3 N–H and O–H groups in total. The van der Waals surface area contributed by atoms with Crippen LogP contribution in [0.25, 0.3) is 0 Å². The van der Waals surface area contributed by atoms with Crippen molar-refractivity contribution in [2.75, 3.05) is 32.7 Å². The molecule has 17 heavy (non-hydrogen) atoms. The van der Waals surface area contributed by atoms with Crippen molar-refractivity contribution >= 4 is 18.3 Å². The van der Waals surface area contributed by atoms with Crippen LogP contribution in [0.5, 0.6) is 0 Å². The van der Waals surface area contributed by atoms with Crippen LogP contribution in [-0.4, -0.2) is 43.5 Å². The summed E-state index contributed by atoms with van der Waals surface area (Å²) in [6, 6.07) is 0. The molecule has 1 atom stereocenters. The molecule has 0 bridgehead atoms. The summed E-state index contributed by atoms with van der Waals surface area (Å²) in [6.07, 6.45) is 2.37. The molecule has 1 aliphatic rings. The SMILES string of the molecule is CC(C)CNC(=O)CN1CCCC(CN)C1.Cl. The molecule has 1 aliphatic heterocycles. The summed E-state index contributed by atoms with van der Waals surface area (Å²) in [4.78, 5) is 13.8. The Morgan fingerprint density at radius 1 is 1.53 bits per heavy atom. The van der Waals surface area contributed by atoms with E-state index in [2.05, 4.69) is 24.1 Å². The predicted octanol–water partition coefficient (Wildman–Crippen LogP) is 0.851. The average Bonchev–Trinajstić information content (AvgIpc) is 2.26. The molecular weight excluding hydrogens is 238 g/mol. The van der Waals surface area contributed by atoms with Gasteiger partial charge in [-0.25, -0.2) is 0 Å². The number of halogens is 1. The lowest BCUT2D eigenvalue weighted by Gasteiger charge is -2.31. The number of carbonyl (C=O) groups is 1. The molecule has 5 heteroatoms. The highest BCUT2D eigenvalue weighted by Crippen LogP contribution is 2.14. The van der Waals surface area contributed by atoms with Crippen LogP contribution in [0.2, 0.25) is 0 Å². The topological polar surface area (TPSA) is 58.4 Å². The molecule has 0 radical (unpaired) electrons. The predicted molar refractivity (Wildman–Crippen MR) is 73.3 cm³/mol. The van der Waals surface area contributed by atoms with E-state index in [1.54, 1.807) is 0 Å². The molecule has 1 heterocycles. The van der Waals surface area contributed by atoms with E-state index in [1.165, 1.54) is 12.8 Å². The number of nitrogens with one attached hydrogen (secondary N) is 1. The van der Waals surface area contributed by atoms with Crippen LogP contribution >= 0.6 is 12.4 Å². The van der Waals surface area contributed by atoms with E-state index in [1.807, 2.05) is 0 Å². The van der Waals surface area contributed by atoms with Gasteiger partial charge in [-0.15, -0.1) is 12.4 Å². The van der Waals surface area contributed by atoms with Gasteiger partial charge in [0.05, 0.1) is 6.54 Å². The Morgan fingerprint density at radius 2 is 2.24 bits per heavy atom. The summed E-state index contributed by atoms with van der Waals surface area (Å²) in [7, 11) is 0. The minimum atomic E-state index is 0. The first-order chi connectivity index (χ1) is 7.61. The van der Waals surface area contributed by atoms with Crippen molar-refractivity contribution in [1.29, 1.82) is 0 Å². The van der Waals surface area contributed by atoms with Gasteiger partial charge in [0, 0.05) is 13.1 Å². The van der Waals surface area contributed by atoms with Crippen LogP contribution in [0.1, 0.15) is 26.7 Å². The zero-order valence-corrected chi connectivity index (χ0v) is 11.8. The van der Waals surface area contributed by atoms with Crippen molar-refractivity contribution in [2.45, 2.75) is 26.7 Å². The highest BCUT2D eigenvalue weighted by molar-refractivity contribution is 5.85. The minimum absolute atomic E-state index is 0. The molecule has 1 rings (SSSR count). The maximum Gasteiger partial charge on any atom is 0.234 e. The number of nitrogens with two attached hydrogens (primary N) is 1. The van der Waals surface area contributed by atoms with Gasteiger partial charge >= 0.3 is 0 Å². The van der Waals surface area contributed by atoms with E-state index in [0.29, 0.717) is 18.4 Å². The Hall–Kier alpha value is -0.320. The summed E-state index contributed by atoms with van der Waals surface area (Å²) >= 11 is 0. The molecule has 1 saturated heterocycles. The average molecular weight is 264 g/mol. The van der Waals surface area contributed by atoms with E-state index in [-0.39, 0.29) is 18.3 Å². The summed E-state index contributed by atoms with van der Waals surface area (Å²) in [5.41, 5.74) is 5.67. The second kappa shape index (κ2) is 8.72. The van der Waals surface area contributed by atoms with E-state index in [0.717, 1.165) is 26.2 Å². The normalized spacial score (nSPS) is 21.1. The Labute approximate surface area is 111 Å². The number of hydrogen-bond acceptors (Lipinski definition) is 3. The van der Waals surface area contributed by atoms with E-state index >= 15 is 0 Å². The lowest BCUT2D eigenvalue weighted by atomic mass is 9.98. The number of piperidine rings is 1. The molecule has 1 fully saturated rings. The van der Waals surface area contributed by atoms with Crippen LogP contribution < -0.4 is 11.1 Å². The van der Waals surface area contributed by atoms with Gasteiger partial charge in [0.1, 0.15) is 0 Å². The number of rotatable bonds is 5. The summed E-state index contributed by atoms with van der Waals surface area (Å²) < 4.78 is 0. The first kappa shape index (κ1) is 16.7. The van der Waals surface area contributed by atoms with Gasteiger partial charge in [0.15, 0.2) is 0 Å². The summed E-state index contributed by atoms with van der Waals surface area (Å²) in [5, 5.41) is 2.95. The highest BCUT2D eigenvalue weighted by atomic mass is 35.5. The van der Waals surface area contributed by atoms with Crippen LogP contribution in [0.15, 0.2) is 0 Å². The van der Waals surface area contributed by atoms with E-state index in [4.69, 9.17) is 5.73 Å². The smallest absolute Gasteiger partial charge is 0.234 e. The lowest BCUT2D eigenvalue weighted by molar-refractivity contribution is -0.122. The third-order valence-electron chi connectivity index (χ3n) is 3.01. The largest absolute Gasteiger partial charge is 0.355 e. The second-order valence-corrected chi connectivity index (χ2v) is 5.18. The molecule has 1 amide bonds. The van der Waals surface area contributed by atoms with Gasteiger partial charge in [-0.05, 0) is 37.8 Å². The molecule has 0 saturated carbocycles. The molecule has 4 nitrogen and oxygen atoms in total. The monoisotopic (exact) mass is 263 g/mol. The van der Waals surface area contributed by atoms with Gasteiger partial charge in [-0.3, -0.25) is 9.69 Å². The molecule has 0 aliphatic carbocycles. The number of nitrogens with zero attached hydrogens (tertiary/aromatic N) is 1. The van der Waals surface area contributed by atoms with E-state index < -0.39 is 0 Å². The van der Waals surface area contributed by atoms with Gasteiger partial charge in [0.2, 0.25) is 5.91 Å². The van der Waals surface area contributed by atoms with E-state index in [9.17, 15) is 4.79 Å². The van der Waals surface area contributed by atoms with Gasteiger partial charge < -0.3 is 11.1 Å². The maximum absolute atomic E-state index is 11.6. The second-order valence-electron chi connectivity index (χ2n) is 5.18. The summed E-state index contributed by atoms with van der Waals surface area (Å²) in [5.74, 6) is 1.24. The quantitative estimate of drug-likeness (QED) is 0.773. The van der Waals surface area contributed by atoms with Crippen molar-refractivity contribution in [3.63, 3.8) is 0 Å². The van der Waals surface area contributed by atoms with Crippen molar-refractivity contribution in [1.82, 2.24) is 10.2 Å². The fraction of sp³-hybridized carbons (Fsp3) is 0.917. The Kier molecular flexibility index (Phi) is 8.56. The van der Waals surface area contributed by atoms with Crippen LogP contribution in [0, 0.1) is 11.8 Å². The molecule has 102 valence electrons. The van der Waals surface area contributed by atoms with Crippen LogP contribution in [-0.2, 0) is 4.79 Å². The Balaban J connectivity index is 0.00000256. The zero-order valence-electron chi connectivity index (χ0n) is 10.9. The fourth-order valence-corrected chi connectivity index (χ4v) is 2.06. The lowest BCUT2D eigenvalue weighted by Crippen LogP contribution is -2.44. The van der Waals surface area contributed by atoms with Gasteiger partial charge in [0.25, 0.3) is 0 Å². The molecule has 0 aromatic rings. The number of carbonyl (C=O) groups excluding carboxylic acids is 1. The first-order valence-electron chi connectivity index (χ1n) is 6.31. The summed E-state index contributed by atoms with van der Waals surface area (Å²) in [6.45, 7) is 8.26. The molecule has 0 aromatic carbocycles. The molecule has 0 aromatic heterocycles. The third kappa shape index (κ3) is 6.86. The fourth-order valence-electron chi connectivity index (χ4n) is 2.06. The van der Waals surface area contributed by atoms with Crippen molar-refractivity contribution in [3.8, 4) is 0 Å². The van der Waals surface area contributed by atoms with Crippen LogP contribution in [0.4, 0.5) is 0 Å². The standard InChI is InChI=1S/C12H25N3O.ClH/c1-10(2)7-14-12(16)9-15-5-3-4-11(6-13)8-15;/h10-11H,3-9,13H2,1-2H3,(H,14,16);1H. The van der Waals surface area contributed by atoms with Crippen LogP contribution in [0.3, 0.4) is 0 Å². The van der Waals surface area contributed by atoms with Crippen molar-refractivity contribution in [2.24, 2.45) is 17.6 Å². The van der Waals surface area contributed by atoms with Gasteiger partial charge in [-0.1, -0.05) is 13.8 Å².